The fourth-order valence-electron chi connectivity index (χ4n) is 4.08. The standard InChI is InChI=1S/C19H28FN3O2/c1-21-18(24)12-23-8-9-25-15-19(14-23)6-3-7-22(13-19)11-16-4-2-5-17(20)10-16/h2,4-5,10H,3,6-9,11-15H2,1H3,(H,21,24). The van der Waals surface area contributed by atoms with Crippen molar-refractivity contribution in [3.05, 3.63) is 35.6 Å². The predicted molar refractivity (Wildman–Crippen MR) is 94.7 cm³/mol. The first-order valence-electron chi connectivity index (χ1n) is 9.06. The Hall–Kier alpha value is -1.50. The maximum atomic E-state index is 13.4. The number of piperidine rings is 1. The number of halogens is 1. The van der Waals surface area contributed by atoms with Crippen molar-refractivity contribution in [2.75, 3.05) is 53.0 Å². The number of carbonyl (C=O) groups excluding carboxylic acids is 1. The first-order valence-corrected chi connectivity index (χ1v) is 9.06. The Kier molecular flexibility index (Phi) is 6.04. The molecule has 2 saturated heterocycles. The number of likely N-dealkylation sites (tertiary alicyclic amines) is 1. The molecule has 3 rings (SSSR count). The minimum Gasteiger partial charge on any atom is -0.379 e. The molecule has 0 saturated carbocycles. The van der Waals surface area contributed by atoms with E-state index in [9.17, 15) is 9.18 Å². The number of carbonyl (C=O) groups is 1. The van der Waals surface area contributed by atoms with Gasteiger partial charge in [-0.05, 0) is 37.1 Å². The predicted octanol–water partition coefficient (Wildman–Crippen LogP) is 1.49. The van der Waals surface area contributed by atoms with Crippen LogP contribution in [0.3, 0.4) is 0 Å². The third-order valence-electron chi connectivity index (χ3n) is 5.20. The zero-order valence-corrected chi connectivity index (χ0v) is 15.0. The monoisotopic (exact) mass is 349 g/mol. The summed E-state index contributed by atoms with van der Waals surface area (Å²) >= 11 is 0. The van der Waals surface area contributed by atoms with Gasteiger partial charge in [0.25, 0.3) is 0 Å². The topological polar surface area (TPSA) is 44.8 Å². The van der Waals surface area contributed by atoms with Gasteiger partial charge in [0.15, 0.2) is 0 Å². The lowest BCUT2D eigenvalue weighted by Crippen LogP contribution is -2.51. The molecule has 0 bridgehead atoms. The van der Waals surface area contributed by atoms with Gasteiger partial charge in [-0.3, -0.25) is 14.6 Å². The highest BCUT2D eigenvalue weighted by Crippen LogP contribution is 2.33. The second-order valence-electron chi connectivity index (χ2n) is 7.38. The molecule has 1 spiro atoms. The smallest absolute Gasteiger partial charge is 0.233 e. The Balaban J connectivity index is 1.66. The molecule has 1 N–H and O–H groups in total. The highest BCUT2D eigenvalue weighted by atomic mass is 19.1. The fourth-order valence-corrected chi connectivity index (χ4v) is 4.08. The summed E-state index contributed by atoms with van der Waals surface area (Å²) < 4.78 is 19.3. The molecule has 1 amide bonds. The molecule has 25 heavy (non-hydrogen) atoms. The molecule has 2 fully saturated rings. The highest BCUT2D eigenvalue weighted by Gasteiger charge is 2.39. The summed E-state index contributed by atoms with van der Waals surface area (Å²) in [7, 11) is 1.67. The molecule has 0 radical (unpaired) electrons. The van der Waals surface area contributed by atoms with Gasteiger partial charge in [-0.15, -0.1) is 0 Å². The molecule has 5 nitrogen and oxygen atoms in total. The summed E-state index contributed by atoms with van der Waals surface area (Å²) in [6.07, 6.45) is 2.21. The van der Waals surface area contributed by atoms with Crippen molar-refractivity contribution >= 4 is 5.91 Å². The first-order chi connectivity index (χ1) is 12.1. The van der Waals surface area contributed by atoms with Crippen LogP contribution < -0.4 is 5.32 Å². The SMILES string of the molecule is CNC(=O)CN1CCOCC2(CCCN(Cc3cccc(F)c3)C2)C1. The second-order valence-corrected chi connectivity index (χ2v) is 7.38. The van der Waals surface area contributed by atoms with Crippen LogP contribution in [-0.2, 0) is 16.1 Å². The van der Waals surface area contributed by atoms with Crippen molar-refractivity contribution in [3.8, 4) is 0 Å². The van der Waals surface area contributed by atoms with Crippen molar-refractivity contribution in [1.82, 2.24) is 15.1 Å². The minimum atomic E-state index is -0.182. The Morgan fingerprint density at radius 2 is 2.16 bits per heavy atom. The molecule has 1 unspecified atom stereocenters. The highest BCUT2D eigenvalue weighted by molar-refractivity contribution is 5.77. The number of nitrogens with zero attached hydrogens (tertiary/aromatic N) is 2. The van der Waals surface area contributed by atoms with Crippen LogP contribution in [-0.4, -0.2) is 68.7 Å². The van der Waals surface area contributed by atoms with Crippen LogP contribution in [0, 0.1) is 11.2 Å². The molecule has 1 aromatic carbocycles. The van der Waals surface area contributed by atoms with Gasteiger partial charge in [-0.1, -0.05) is 12.1 Å². The van der Waals surface area contributed by atoms with Gasteiger partial charge >= 0.3 is 0 Å². The minimum absolute atomic E-state index is 0.0458. The quantitative estimate of drug-likeness (QED) is 0.895. The van der Waals surface area contributed by atoms with E-state index in [0.29, 0.717) is 13.2 Å². The fraction of sp³-hybridized carbons (Fsp3) is 0.632. The lowest BCUT2D eigenvalue weighted by molar-refractivity contribution is -0.122. The van der Waals surface area contributed by atoms with E-state index < -0.39 is 0 Å². The second kappa shape index (κ2) is 8.25. The molecule has 2 heterocycles. The molecule has 1 atom stereocenters. The number of hydrogen-bond donors (Lipinski definition) is 1. The molecule has 0 aromatic heterocycles. The number of likely N-dealkylation sites (N-methyl/N-ethyl adjacent to an activating group) is 1. The number of nitrogens with one attached hydrogen (secondary N) is 1. The molecular weight excluding hydrogens is 321 g/mol. The number of hydrogen-bond acceptors (Lipinski definition) is 4. The van der Waals surface area contributed by atoms with Gasteiger partial charge in [0.05, 0.1) is 19.8 Å². The van der Waals surface area contributed by atoms with Crippen LogP contribution in [0.1, 0.15) is 18.4 Å². The Morgan fingerprint density at radius 1 is 1.32 bits per heavy atom. The number of rotatable bonds is 4. The van der Waals surface area contributed by atoms with Gasteiger partial charge < -0.3 is 10.1 Å². The normalized spacial score (nSPS) is 25.7. The van der Waals surface area contributed by atoms with E-state index >= 15 is 0 Å². The van der Waals surface area contributed by atoms with Crippen molar-refractivity contribution in [2.24, 2.45) is 5.41 Å². The Labute approximate surface area is 149 Å². The van der Waals surface area contributed by atoms with Crippen LogP contribution in [0.5, 0.6) is 0 Å². The largest absolute Gasteiger partial charge is 0.379 e. The van der Waals surface area contributed by atoms with Crippen LogP contribution in [0.2, 0.25) is 0 Å². The van der Waals surface area contributed by atoms with Gasteiger partial charge in [0, 0.05) is 38.6 Å². The van der Waals surface area contributed by atoms with Gasteiger partial charge in [0.2, 0.25) is 5.91 Å². The summed E-state index contributed by atoms with van der Waals surface area (Å²) in [4.78, 5) is 16.4. The summed E-state index contributed by atoms with van der Waals surface area (Å²) in [5.41, 5.74) is 1.06. The summed E-state index contributed by atoms with van der Waals surface area (Å²) in [5.74, 6) is -0.136. The molecule has 2 aliphatic rings. The van der Waals surface area contributed by atoms with E-state index in [1.165, 1.54) is 6.07 Å². The van der Waals surface area contributed by atoms with E-state index in [-0.39, 0.29) is 17.1 Å². The average Bonchev–Trinajstić information content (AvgIpc) is 2.77. The molecular formula is C19H28FN3O2. The van der Waals surface area contributed by atoms with Crippen LogP contribution in [0.15, 0.2) is 24.3 Å². The van der Waals surface area contributed by atoms with Crippen LogP contribution in [0.25, 0.3) is 0 Å². The molecule has 2 aliphatic heterocycles. The molecule has 0 aliphatic carbocycles. The van der Waals surface area contributed by atoms with Gasteiger partial charge in [0.1, 0.15) is 5.82 Å². The Bertz CT molecular complexity index is 598. The lowest BCUT2D eigenvalue weighted by atomic mass is 9.80. The maximum Gasteiger partial charge on any atom is 0.233 e. The Morgan fingerprint density at radius 3 is 2.96 bits per heavy atom. The van der Waals surface area contributed by atoms with E-state index in [1.54, 1.807) is 19.2 Å². The third kappa shape index (κ3) is 5.00. The van der Waals surface area contributed by atoms with Crippen molar-refractivity contribution in [1.29, 1.82) is 0 Å². The van der Waals surface area contributed by atoms with Gasteiger partial charge in [-0.25, -0.2) is 4.39 Å². The third-order valence-corrected chi connectivity index (χ3v) is 5.20. The van der Waals surface area contributed by atoms with E-state index in [1.807, 2.05) is 6.07 Å². The zero-order valence-electron chi connectivity index (χ0n) is 15.0. The number of amides is 1. The van der Waals surface area contributed by atoms with Crippen LogP contribution in [0.4, 0.5) is 4.39 Å². The van der Waals surface area contributed by atoms with Crippen molar-refractivity contribution in [2.45, 2.75) is 19.4 Å². The summed E-state index contributed by atoms with van der Waals surface area (Å²) in [6.45, 7) is 6.20. The van der Waals surface area contributed by atoms with Crippen molar-refractivity contribution < 1.29 is 13.9 Å². The van der Waals surface area contributed by atoms with E-state index in [4.69, 9.17) is 4.74 Å². The zero-order chi connectivity index (χ0) is 17.7. The average molecular weight is 349 g/mol. The first kappa shape index (κ1) is 18.3. The summed E-state index contributed by atoms with van der Waals surface area (Å²) in [6, 6.07) is 6.84. The molecule has 6 heteroatoms. The van der Waals surface area contributed by atoms with E-state index in [2.05, 4.69) is 15.1 Å². The lowest BCUT2D eigenvalue weighted by Gasteiger charge is -2.43. The number of benzene rings is 1. The van der Waals surface area contributed by atoms with Gasteiger partial charge in [-0.2, -0.15) is 0 Å². The molecule has 1 aromatic rings. The maximum absolute atomic E-state index is 13.4. The van der Waals surface area contributed by atoms with Crippen molar-refractivity contribution in [3.63, 3.8) is 0 Å². The number of ether oxygens (including phenoxy) is 1. The van der Waals surface area contributed by atoms with E-state index in [0.717, 1.165) is 57.7 Å². The van der Waals surface area contributed by atoms with Crippen LogP contribution >= 0.6 is 0 Å². The molecule has 138 valence electrons. The summed E-state index contributed by atoms with van der Waals surface area (Å²) in [5, 5.41) is 2.70.